The monoisotopic (exact) mass is 515 g/mol. The van der Waals surface area contributed by atoms with Crippen molar-refractivity contribution in [3.63, 3.8) is 0 Å². The van der Waals surface area contributed by atoms with Gasteiger partial charge in [-0.2, -0.15) is 0 Å². The molecular weight excluding hydrogens is 468 g/mol. The fraction of sp³-hybridized carbons (Fsp3) is 0.741. The Morgan fingerprint density at radius 2 is 1.22 bits per heavy atom. The Labute approximate surface area is 221 Å². The van der Waals surface area contributed by atoms with Gasteiger partial charge in [-0.3, -0.25) is 4.79 Å². The van der Waals surface area contributed by atoms with Crippen molar-refractivity contribution in [1.29, 1.82) is 0 Å². The van der Waals surface area contributed by atoms with Gasteiger partial charge in [0.1, 0.15) is 0 Å². The standard InChI is InChI=1S/C27H47B2NO5Si/c1-23(2,3)22(31)30(12)18-15-16-19(20(17-18)36(13)14)21(28-32-24(4,5)25(6,7)33-28)29-34-26(8,9)27(10,11)35-29/h15-17,21,36H,1-14H3. The smallest absolute Gasteiger partial charge is 0.403 e. The molecule has 0 spiro atoms. The van der Waals surface area contributed by atoms with Crippen LogP contribution in [0.4, 0.5) is 5.69 Å². The van der Waals surface area contributed by atoms with E-state index >= 15 is 0 Å². The maximum Gasteiger partial charge on any atom is 0.463 e. The number of benzene rings is 1. The number of nitrogens with zero attached hydrogens (tertiary/aromatic N) is 1. The van der Waals surface area contributed by atoms with E-state index in [4.69, 9.17) is 18.6 Å². The van der Waals surface area contributed by atoms with Gasteiger partial charge in [-0.1, -0.05) is 45.1 Å². The van der Waals surface area contributed by atoms with Crippen LogP contribution in [0.25, 0.3) is 0 Å². The van der Waals surface area contributed by atoms with E-state index in [1.54, 1.807) is 4.90 Å². The minimum absolute atomic E-state index is 0.0834. The summed E-state index contributed by atoms with van der Waals surface area (Å²) in [7, 11) is -0.553. The molecule has 0 radical (unpaired) electrons. The van der Waals surface area contributed by atoms with Gasteiger partial charge in [-0.15, -0.1) is 0 Å². The zero-order valence-electron chi connectivity index (χ0n) is 25.0. The third kappa shape index (κ3) is 5.24. The second kappa shape index (κ2) is 9.26. The molecule has 0 N–H and O–H groups in total. The van der Waals surface area contributed by atoms with E-state index in [9.17, 15) is 4.79 Å². The van der Waals surface area contributed by atoms with Crippen LogP contribution >= 0.6 is 0 Å². The third-order valence-electron chi connectivity index (χ3n) is 8.51. The Morgan fingerprint density at radius 3 is 1.56 bits per heavy atom. The van der Waals surface area contributed by atoms with Crippen LogP contribution in [0.2, 0.25) is 13.1 Å². The molecule has 2 fully saturated rings. The maximum atomic E-state index is 13.0. The zero-order chi connectivity index (χ0) is 27.6. The van der Waals surface area contributed by atoms with Gasteiger partial charge in [0.15, 0.2) is 0 Å². The molecule has 0 bridgehead atoms. The lowest BCUT2D eigenvalue weighted by molar-refractivity contribution is -0.125. The number of carbonyl (C=O) groups is 1. The first kappa shape index (κ1) is 29.4. The minimum Gasteiger partial charge on any atom is -0.403 e. The molecule has 2 aliphatic heterocycles. The van der Waals surface area contributed by atoms with E-state index in [0.717, 1.165) is 11.3 Å². The molecule has 1 aromatic rings. The first-order chi connectivity index (χ1) is 16.1. The van der Waals surface area contributed by atoms with E-state index in [0.29, 0.717) is 0 Å². The summed E-state index contributed by atoms with van der Waals surface area (Å²) < 4.78 is 26.4. The highest BCUT2D eigenvalue weighted by Crippen LogP contribution is 2.46. The van der Waals surface area contributed by atoms with Gasteiger partial charge >= 0.3 is 14.2 Å². The molecule has 200 valence electrons. The van der Waals surface area contributed by atoms with E-state index in [1.807, 2.05) is 33.9 Å². The van der Waals surface area contributed by atoms with Crippen molar-refractivity contribution in [2.24, 2.45) is 5.41 Å². The molecule has 6 nitrogen and oxygen atoms in total. The van der Waals surface area contributed by atoms with Gasteiger partial charge in [0, 0.05) is 18.2 Å². The van der Waals surface area contributed by atoms with Crippen LogP contribution in [0, 0.1) is 5.41 Å². The summed E-state index contributed by atoms with van der Waals surface area (Å²) in [4.78, 5) is 14.8. The van der Waals surface area contributed by atoms with Gasteiger partial charge in [0.05, 0.1) is 36.9 Å². The third-order valence-corrected chi connectivity index (χ3v) is 10.3. The summed E-state index contributed by atoms with van der Waals surface area (Å²) >= 11 is 0. The fourth-order valence-corrected chi connectivity index (χ4v) is 6.15. The number of anilines is 1. The quantitative estimate of drug-likeness (QED) is 0.531. The van der Waals surface area contributed by atoms with Gasteiger partial charge in [0.2, 0.25) is 5.91 Å². The number of rotatable bonds is 5. The molecule has 9 heteroatoms. The van der Waals surface area contributed by atoms with Crippen molar-refractivity contribution in [2.45, 2.75) is 117 Å². The zero-order valence-corrected chi connectivity index (χ0v) is 26.2. The average Bonchev–Trinajstić information content (AvgIpc) is 3.05. The largest absolute Gasteiger partial charge is 0.463 e. The maximum absolute atomic E-state index is 13.0. The molecule has 0 atom stereocenters. The molecule has 36 heavy (non-hydrogen) atoms. The lowest BCUT2D eigenvalue weighted by atomic mass is 9.49. The van der Waals surface area contributed by atoms with Crippen molar-refractivity contribution in [3.8, 4) is 0 Å². The fourth-order valence-electron chi connectivity index (χ4n) is 4.69. The normalized spacial score (nSPS) is 22.6. The first-order valence-electron chi connectivity index (χ1n) is 13.2. The predicted octanol–water partition coefficient (Wildman–Crippen LogP) is 4.74. The van der Waals surface area contributed by atoms with Crippen molar-refractivity contribution in [1.82, 2.24) is 0 Å². The van der Waals surface area contributed by atoms with E-state index < -0.39 is 50.9 Å². The Balaban J connectivity index is 2.13. The van der Waals surface area contributed by atoms with Crippen LogP contribution in [0.5, 0.6) is 0 Å². The van der Waals surface area contributed by atoms with Crippen LogP contribution in [-0.4, -0.2) is 58.4 Å². The highest BCUT2D eigenvalue weighted by molar-refractivity contribution is 6.74. The summed E-state index contributed by atoms with van der Waals surface area (Å²) in [6.07, 6.45) is 0. The van der Waals surface area contributed by atoms with Gasteiger partial charge in [-0.25, -0.2) is 0 Å². The van der Waals surface area contributed by atoms with Crippen LogP contribution in [0.15, 0.2) is 18.2 Å². The summed E-state index contributed by atoms with van der Waals surface area (Å²) in [5.41, 5.74) is -0.637. The molecular formula is C27H47B2NO5Si. The Kier molecular flexibility index (Phi) is 7.57. The summed E-state index contributed by atoms with van der Waals surface area (Å²) in [5.74, 6) is 0.0834. The van der Waals surface area contributed by atoms with Crippen LogP contribution in [0.1, 0.15) is 87.4 Å². The van der Waals surface area contributed by atoms with Gasteiger partial charge in [-0.05, 0) is 73.1 Å². The topological polar surface area (TPSA) is 57.2 Å². The van der Waals surface area contributed by atoms with Crippen molar-refractivity contribution in [3.05, 3.63) is 23.8 Å². The molecule has 2 heterocycles. The lowest BCUT2D eigenvalue weighted by Gasteiger charge is -2.32. The first-order valence-corrected chi connectivity index (χ1v) is 16.1. The Hall–Kier alpha value is -1.12. The average molecular weight is 515 g/mol. The number of hydrogen-bond acceptors (Lipinski definition) is 5. The summed E-state index contributed by atoms with van der Waals surface area (Å²) in [6, 6.07) is 6.34. The highest BCUT2D eigenvalue weighted by atomic mass is 28.3. The molecule has 0 aliphatic carbocycles. The molecule has 0 unspecified atom stereocenters. The van der Waals surface area contributed by atoms with Gasteiger partial charge < -0.3 is 23.5 Å². The molecule has 2 aliphatic rings. The molecule has 3 rings (SSSR count). The molecule has 0 saturated carbocycles. The molecule has 1 aromatic carbocycles. The van der Waals surface area contributed by atoms with Crippen LogP contribution in [-0.2, 0) is 23.4 Å². The minimum atomic E-state index is -1.35. The van der Waals surface area contributed by atoms with Crippen molar-refractivity contribution >= 4 is 39.8 Å². The Bertz CT molecular complexity index is 934. The second-order valence-corrected chi connectivity index (χ2v) is 16.8. The number of carbonyl (C=O) groups excluding carboxylic acids is 1. The highest BCUT2D eigenvalue weighted by Gasteiger charge is 2.62. The van der Waals surface area contributed by atoms with Crippen LogP contribution in [0.3, 0.4) is 0 Å². The van der Waals surface area contributed by atoms with Crippen molar-refractivity contribution in [2.75, 3.05) is 11.9 Å². The van der Waals surface area contributed by atoms with Gasteiger partial charge in [0.25, 0.3) is 0 Å². The number of hydrogen-bond donors (Lipinski definition) is 0. The molecule has 2 saturated heterocycles. The lowest BCUT2D eigenvalue weighted by Crippen LogP contribution is -2.45. The van der Waals surface area contributed by atoms with Crippen LogP contribution < -0.4 is 10.1 Å². The number of amides is 1. The van der Waals surface area contributed by atoms with E-state index in [1.165, 1.54) is 5.19 Å². The second-order valence-electron chi connectivity index (χ2n) is 13.9. The summed E-state index contributed by atoms with van der Waals surface area (Å²) in [5, 5.41) is 1.26. The van der Waals surface area contributed by atoms with E-state index in [-0.39, 0.29) is 11.6 Å². The summed E-state index contributed by atoms with van der Waals surface area (Å²) in [6.45, 7) is 27.0. The predicted molar refractivity (Wildman–Crippen MR) is 153 cm³/mol. The Morgan fingerprint density at radius 1 is 0.833 bits per heavy atom. The van der Waals surface area contributed by atoms with Crippen molar-refractivity contribution < 1.29 is 23.4 Å². The SMILES string of the molecule is CN(C(=O)C(C)(C)C)c1ccc(C(B2OC(C)(C)C(C)(C)O2)B2OC(C)(C)C(C)(C)O2)c([SiH](C)C)c1. The molecule has 1 amide bonds. The van der Waals surface area contributed by atoms with E-state index in [2.05, 4.69) is 80.6 Å². The molecule has 0 aromatic heterocycles.